The van der Waals surface area contributed by atoms with Gasteiger partial charge in [-0.3, -0.25) is 0 Å². The van der Waals surface area contributed by atoms with Crippen LogP contribution < -0.4 is 11.1 Å². The van der Waals surface area contributed by atoms with Gasteiger partial charge in [-0.1, -0.05) is 19.0 Å². The molecule has 0 aliphatic rings. The van der Waals surface area contributed by atoms with Crippen molar-refractivity contribution in [3.63, 3.8) is 0 Å². The number of nitrogens with one attached hydrogen (secondary N) is 1. The molecule has 0 saturated carbocycles. The second-order valence-electron chi connectivity index (χ2n) is 3.27. The molecule has 0 aromatic carbocycles. The van der Waals surface area contributed by atoms with Gasteiger partial charge in [0.2, 0.25) is 0 Å². The Hall–Kier alpha value is -0.650. The van der Waals surface area contributed by atoms with E-state index in [1.54, 1.807) is 0 Å². The normalized spacial score (nSPS) is 15.0. The predicted molar refractivity (Wildman–Crippen MR) is 52.0 cm³/mol. The van der Waals surface area contributed by atoms with Crippen LogP contribution >= 0.6 is 0 Å². The quantitative estimate of drug-likeness (QED) is 0.255. The van der Waals surface area contributed by atoms with E-state index in [1.165, 1.54) is 0 Å². The molecule has 0 aromatic heterocycles. The lowest BCUT2D eigenvalue weighted by Gasteiger charge is -2.11. The van der Waals surface area contributed by atoms with Crippen molar-refractivity contribution in [3.05, 3.63) is 0 Å². The van der Waals surface area contributed by atoms with Gasteiger partial charge in [0.25, 0.3) is 0 Å². The molecule has 0 heterocycles. The molecule has 13 heavy (non-hydrogen) atoms. The van der Waals surface area contributed by atoms with Gasteiger partial charge >= 0.3 is 0 Å². The third kappa shape index (κ3) is 5.57. The average molecular weight is 189 g/mol. The SMILES string of the molecule is CC(C)C(CNCC(O)CN)=NO. The van der Waals surface area contributed by atoms with E-state index in [9.17, 15) is 0 Å². The van der Waals surface area contributed by atoms with Crippen molar-refractivity contribution >= 4 is 5.71 Å². The molecule has 0 rings (SSSR count). The predicted octanol–water partition coefficient (Wildman–Crippen LogP) is -0.618. The molecule has 0 amide bonds. The van der Waals surface area contributed by atoms with Gasteiger partial charge < -0.3 is 21.4 Å². The van der Waals surface area contributed by atoms with Gasteiger partial charge in [0, 0.05) is 19.6 Å². The highest BCUT2D eigenvalue weighted by Crippen LogP contribution is 1.94. The van der Waals surface area contributed by atoms with Crippen LogP contribution in [0, 0.1) is 5.92 Å². The van der Waals surface area contributed by atoms with Crippen molar-refractivity contribution in [2.45, 2.75) is 20.0 Å². The molecular formula is C8H19N3O2. The summed E-state index contributed by atoms with van der Waals surface area (Å²) in [6.07, 6.45) is -0.535. The number of aliphatic hydroxyl groups excluding tert-OH is 1. The molecule has 1 atom stereocenters. The molecule has 0 aromatic rings. The summed E-state index contributed by atoms with van der Waals surface area (Å²) >= 11 is 0. The van der Waals surface area contributed by atoms with E-state index in [4.69, 9.17) is 16.0 Å². The van der Waals surface area contributed by atoms with Crippen LogP contribution in [0.15, 0.2) is 5.16 Å². The van der Waals surface area contributed by atoms with Crippen LogP contribution in [0.3, 0.4) is 0 Å². The number of oxime groups is 1. The molecule has 0 aliphatic heterocycles. The summed E-state index contributed by atoms with van der Waals surface area (Å²) in [6.45, 7) is 5.01. The van der Waals surface area contributed by atoms with Crippen LogP contribution in [0.1, 0.15) is 13.8 Å². The lowest BCUT2D eigenvalue weighted by molar-refractivity contribution is 0.181. The number of hydrogen-bond acceptors (Lipinski definition) is 5. The summed E-state index contributed by atoms with van der Waals surface area (Å²) < 4.78 is 0. The summed E-state index contributed by atoms with van der Waals surface area (Å²) in [7, 11) is 0. The van der Waals surface area contributed by atoms with E-state index < -0.39 is 6.10 Å². The maximum absolute atomic E-state index is 9.09. The third-order valence-corrected chi connectivity index (χ3v) is 1.75. The zero-order chi connectivity index (χ0) is 10.3. The maximum Gasteiger partial charge on any atom is 0.0786 e. The zero-order valence-corrected chi connectivity index (χ0v) is 8.20. The van der Waals surface area contributed by atoms with E-state index in [-0.39, 0.29) is 12.5 Å². The van der Waals surface area contributed by atoms with Crippen LogP contribution in [0.2, 0.25) is 0 Å². The topological polar surface area (TPSA) is 90.9 Å². The Labute approximate surface area is 78.6 Å². The molecular weight excluding hydrogens is 170 g/mol. The first kappa shape index (κ1) is 12.3. The standard InChI is InChI=1S/C8H19N3O2/c1-6(2)8(11-13)5-10-4-7(12)3-9/h6-7,10,12-13H,3-5,9H2,1-2H3. The van der Waals surface area contributed by atoms with Gasteiger partial charge in [-0.05, 0) is 5.92 Å². The monoisotopic (exact) mass is 189 g/mol. The van der Waals surface area contributed by atoms with Gasteiger partial charge in [-0.2, -0.15) is 0 Å². The Morgan fingerprint density at radius 1 is 1.54 bits per heavy atom. The fourth-order valence-corrected chi connectivity index (χ4v) is 0.805. The van der Waals surface area contributed by atoms with E-state index in [0.717, 1.165) is 0 Å². The van der Waals surface area contributed by atoms with Crippen molar-refractivity contribution < 1.29 is 10.3 Å². The number of nitrogens with two attached hydrogens (primary N) is 1. The minimum Gasteiger partial charge on any atom is -0.411 e. The van der Waals surface area contributed by atoms with Crippen LogP contribution in [0.5, 0.6) is 0 Å². The summed E-state index contributed by atoms with van der Waals surface area (Å²) in [5, 5.41) is 23.8. The van der Waals surface area contributed by atoms with Crippen molar-refractivity contribution in [2.24, 2.45) is 16.8 Å². The molecule has 0 aliphatic carbocycles. The van der Waals surface area contributed by atoms with Crippen LogP contribution in [-0.4, -0.2) is 41.8 Å². The summed E-state index contributed by atoms with van der Waals surface area (Å²) in [5.41, 5.74) is 5.88. The fourth-order valence-electron chi connectivity index (χ4n) is 0.805. The molecule has 5 N–H and O–H groups in total. The Bertz CT molecular complexity index is 159. The molecule has 0 radical (unpaired) electrons. The lowest BCUT2D eigenvalue weighted by atomic mass is 10.1. The molecule has 5 heteroatoms. The van der Waals surface area contributed by atoms with E-state index in [0.29, 0.717) is 18.8 Å². The van der Waals surface area contributed by atoms with Gasteiger partial charge in [0.1, 0.15) is 0 Å². The maximum atomic E-state index is 9.09. The average Bonchev–Trinajstić information content (AvgIpc) is 2.11. The number of aliphatic hydroxyl groups is 1. The van der Waals surface area contributed by atoms with Crippen molar-refractivity contribution in [3.8, 4) is 0 Å². The zero-order valence-electron chi connectivity index (χ0n) is 8.20. The number of rotatable bonds is 6. The molecule has 1 unspecified atom stereocenters. The number of hydrogen-bond donors (Lipinski definition) is 4. The minimum absolute atomic E-state index is 0.201. The molecule has 5 nitrogen and oxygen atoms in total. The van der Waals surface area contributed by atoms with E-state index in [1.807, 2.05) is 13.8 Å². The van der Waals surface area contributed by atoms with Gasteiger partial charge in [0.15, 0.2) is 0 Å². The first-order valence-electron chi connectivity index (χ1n) is 4.41. The van der Waals surface area contributed by atoms with E-state index in [2.05, 4.69) is 10.5 Å². The van der Waals surface area contributed by atoms with Crippen LogP contribution in [-0.2, 0) is 0 Å². The summed E-state index contributed by atoms with van der Waals surface area (Å²) in [4.78, 5) is 0. The Morgan fingerprint density at radius 3 is 2.54 bits per heavy atom. The first-order valence-corrected chi connectivity index (χ1v) is 4.41. The second-order valence-corrected chi connectivity index (χ2v) is 3.27. The highest BCUT2D eigenvalue weighted by atomic mass is 16.4. The molecule has 0 bridgehead atoms. The lowest BCUT2D eigenvalue weighted by Crippen LogP contribution is -2.36. The van der Waals surface area contributed by atoms with Crippen molar-refractivity contribution in [1.82, 2.24) is 5.32 Å². The second kappa shape index (κ2) is 6.82. The van der Waals surface area contributed by atoms with E-state index >= 15 is 0 Å². The highest BCUT2D eigenvalue weighted by molar-refractivity contribution is 5.87. The van der Waals surface area contributed by atoms with Gasteiger partial charge in [-0.25, -0.2) is 0 Å². The Morgan fingerprint density at radius 2 is 2.15 bits per heavy atom. The van der Waals surface area contributed by atoms with Gasteiger partial charge in [-0.15, -0.1) is 0 Å². The van der Waals surface area contributed by atoms with Crippen molar-refractivity contribution in [1.29, 1.82) is 0 Å². The molecule has 0 saturated heterocycles. The fraction of sp³-hybridized carbons (Fsp3) is 0.875. The largest absolute Gasteiger partial charge is 0.411 e. The smallest absolute Gasteiger partial charge is 0.0786 e. The van der Waals surface area contributed by atoms with Crippen LogP contribution in [0.4, 0.5) is 0 Å². The molecule has 0 spiro atoms. The molecule has 78 valence electrons. The first-order chi connectivity index (χ1) is 6.11. The highest BCUT2D eigenvalue weighted by Gasteiger charge is 2.06. The van der Waals surface area contributed by atoms with Crippen molar-refractivity contribution in [2.75, 3.05) is 19.6 Å². The third-order valence-electron chi connectivity index (χ3n) is 1.75. The summed E-state index contributed by atoms with van der Waals surface area (Å²) in [5.74, 6) is 0.201. The van der Waals surface area contributed by atoms with Gasteiger partial charge in [0.05, 0.1) is 11.8 Å². The van der Waals surface area contributed by atoms with Crippen LogP contribution in [0.25, 0.3) is 0 Å². The number of nitrogens with zero attached hydrogens (tertiary/aromatic N) is 1. The summed E-state index contributed by atoms with van der Waals surface area (Å²) in [6, 6.07) is 0. The molecule has 0 fully saturated rings. The Kier molecular flexibility index (Phi) is 6.48. The minimum atomic E-state index is -0.535. The Balaban J connectivity index is 3.63.